The Morgan fingerprint density at radius 1 is 1.39 bits per heavy atom. The number of hydrogen-bond donors (Lipinski definition) is 1. The van der Waals surface area contributed by atoms with E-state index in [-0.39, 0.29) is 11.5 Å². The monoisotopic (exact) mass is 247 g/mol. The number of aryl methyl sites for hydroxylation is 1. The van der Waals surface area contributed by atoms with Crippen molar-refractivity contribution >= 4 is 0 Å². The molecule has 0 amide bonds. The average molecular weight is 247 g/mol. The molecule has 0 heterocycles. The van der Waals surface area contributed by atoms with Crippen LogP contribution in [0.25, 0.3) is 0 Å². The topological polar surface area (TPSA) is 35.2 Å². The SMILES string of the molecule is C=C(OC)C(N)Cc1ccc(C)c(C(C)(C)C)c1. The van der Waals surface area contributed by atoms with Gasteiger partial charge in [-0.05, 0) is 35.4 Å². The Hall–Kier alpha value is -1.28. The molecule has 0 aliphatic heterocycles. The number of nitrogens with two attached hydrogens (primary N) is 1. The highest BCUT2D eigenvalue weighted by Gasteiger charge is 2.17. The van der Waals surface area contributed by atoms with E-state index in [4.69, 9.17) is 10.5 Å². The van der Waals surface area contributed by atoms with E-state index in [1.807, 2.05) is 0 Å². The molecule has 18 heavy (non-hydrogen) atoms. The highest BCUT2D eigenvalue weighted by atomic mass is 16.5. The van der Waals surface area contributed by atoms with Gasteiger partial charge in [0.05, 0.1) is 13.2 Å². The molecule has 2 heteroatoms. The van der Waals surface area contributed by atoms with Gasteiger partial charge in [-0.3, -0.25) is 0 Å². The first kappa shape index (κ1) is 14.8. The molecule has 1 unspecified atom stereocenters. The van der Waals surface area contributed by atoms with Gasteiger partial charge in [-0.15, -0.1) is 0 Å². The maximum Gasteiger partial charge on any atom is 0.105 e. The van der Waals surface area contributed by atoms with Crippen LogP contribution >= 0.6 is 0 Å². The Morgan fingerprint density at radius 3 is 2.50 bits per heavy atom. The molecule has 1 atom stereocenters. The van der Waals surface area contributed by atoms with E-state index in [2.05, 4.69) is 52.5 Å². The minimum absolute atomic E-state index is 0.148. The van der Waals surface area contributed by atoms with Gasteiger partial charge in [-0.1, -0.05) is 45.5 Å². The van der Waals surface area contributed by atoms with Crippen LogP contribution in [-0.2, 0) is 16.6 Å². The average Bonchev–Trinajstić information content (AvgIpc) is 2.29. The zero-order valence-electron chi connectivity index (χ0n) is 12.2. The lowest BCUT2D eigenvalue weighted by molar-refractivity contribution is 0.266. The Balaban J connectivity index is 2.96. The Bertz CT molecular complexity index is 429. The standard InChI is InChI=1S/C16H25NO/c1-11-7-8-13(9-14(11)16(3,4)5)10-15(17)12(2)18-6/h7-9,15H,2,10,17H2,1,3-6H3. The van der Waals surface area contributed by atoms with E-state index in [9.17, 15) is 0 Å². The Kier molecular flexibility index (Phi) is 4.58. The summed E-state index contributed by atoms with van der Waals surface area (Å²) in [6.07, 6.45) is 0.760. The second-order valence-electron chi connectivity index (χ2n) is 5.88. The van der Waals surface area contributed by atoms with Crippen molar-refractivity contribution in [3.8, 4) is 0 Å². The summed E-state index contributed by atoms with van der Waals surface area (Å²) in [5.41, 5.74) is 10.1. The minimum Gasteiger partial charge on any atom is -0.500 e. The van der Waals surface area contributed by atoms with Gasteiger partial charge >= 0.3 is 0 Å². The predicted octanol–water partition coefficient (Wildman–Crippen LogP) is 3.32. The van der Waals surface area contributed by atoms with Gasteiger partial charge in [0, 0.05) is 0 Å². The molecule has 0 spiro atoms. The van der Waals surface area contributed by atoms with Gasteiger partial charge in [0.1, 0.15) is 5.76 Å². The summed E-state index contributed by atoms with van der Waals surface area (Å²) in [7, 11) is 1.61. The fraction of sp³-hybridized carbons (Fsp3) is 0.500. The van der Waals surface area contributed by atoms with Crippen LogP contribution in [0, 0.1) is 6.92 Å². The number of hydrogen-bond acceptors (Lipinski definition) is 2. The van der Waals surface area contributed by atoms with Crippen LogP contribution in [0.1, 0.15) is 37.5 Å². The summed E-state index contributed by atoms with van der Waals surface area (Å²) < 4.78 is 5.09. The van der Waals surface area contributed by atoms with E-state index in [1.165, 1.54) is 16.7 Å². The third-order valence-electron chi connectivity index (χ3n) is 3.24. The van der Waals surface area contributed by atoms with E-state index in [0.717, 1.165) is 6.42 Å². The van der Waals surface area contributed by atoms with Gasteiger partial charge in [0.25, 0.3) is 0 Å². The van der Waals surface area contributed by atoms with Gasteiger partial charge in [-0.25, -0.2) is 0 Å². The normalized spacial score (nSPS) is 13.2. The molecule has 0 radical (unpaired) electrons. The van der Waals surface area contributed by atoms with Crippen molar-refractivity contribution in [3.63, 3.8) is 0 Å². The maximum absolute atomic E-state index is 6.03. The van der Waals surface area contributed by atoms with Crippen LogP contribution in [0.15, 0.2) is 30.5 Å². The third-order valence-corrected chi connectivity index (χ3v) is 3.24. The van der Waals surface area contributed by atoms with Crippen LogP contribution in [0.4, 0.5) is 0 Å². The number of benzene rings is 1. The van der Waals surface area contributed by atoms with Crippen molar-refractivity contribution in [1.29, 1.82) is 0 Å². The summed E-state index contributed by atoms with van der Waals surface area (Å²) in [4.78, 5) is 0. The van der Waals surface area contributed by atoms with E-state index < -0.39 is 0 Å². The van der Waals surface area contributed by atoms with Crippen molar-refractivity contribution < 1.29 is 4.74 Å². The summed E-state index contributed by atoms with van der Waals surface area (Å²) in [6.45, 7) is 12.6. The van der Waals surface area contributed by atoms with Crippen molar-refractivity contribution in [2.75, 3.05) is 7.11 Å². The highest BCUT2D eigenvalue weighted by Crippen LogP contribution is 2.27. The zero-order valence-corrected chi connectivity index (χ0v) is 12.2. The summed E-state index contributed by atoms with van der Waals surface area (Å²) in [5, 5.41) is 0. The number of methoxy groups -OCH3 is 1. The molecule has 0 aromatic heterocycles. The molecule has 0 aliphatic carbocycles. The molecule has 1 aromatic rings. The molecular weight excluding hydrogens is 222 g/mol. The largest absolute Gasteiger partial charge is 0.500 e. The lowest BCUT2D eigenvalue weighted by atomic mass is 9.82. The lowest BCUT2D eigenvalue weighted by Crippen LogP contribution is -2.26. The van der Waals surface area contributed by atoms with Crippen molar-refractivity contribution in [3.05, 3.63) is 47.2 Å². The quantitative estimate of drug-likeness (QED) is 0.828. The molecule has 0 saturated carbocycles. The van der Waals surface area contributed by atoms with Gasteiger partial charge in [-0.2, -0.15) is 0 Å². The van der Waals surface area contributed by atoms with Gasteiger partial charge in [0.2, 0.25) is 0 Å². The van der Waals surface area contributed by atoms with Crippen LogP contribution < -0.4 is 5.73 Å². The summed E-state index contributed by atoms with van der Waals surface area (Å²) in [5.74, 6) is 0.632. The second kappa shape index (κ2) is 5.57. The first-order valence-corrected chi connectivity index (χ1v) is 6.34. The van der Waals surface area contributed by atoms with Crippen LogP contribution in [-0.4, -0.2) is 13.2 Å². The molecule has 0 aliphatic rings. The van der Waals surface area contributed by atoms with Crippen molar-refractivity contribution in [1.82, 2.24) is 0 Å². The molecule has 100 valence electrons. The molecule has 0 bridgehead atoms. The van der Waals surface area contributed by atoms with Crippen LogP contribution in [0.3, 0.4) is 0 Å². The first-order valence-electron chi connectivity index (χ1n) is 6.34. The van der Waals surface area contributed by atoms with Crippen molar-refractivity contribution in [2.45, 2.75) is 45.6 Å². The number of ether oxygens (including phenoxy) is 1. The molecule has 0 saturated heterocycles. The maximum atomic E-state index is 6.03. The van der Waals surface area contributed by atoms with Gasteiger partial charge in [0.15, 0.2) is 0 Å². The molecule has 2 N–H and O–H groups in total. The molecule has 2 nitrogen and oxygen atoms in total. The van der Waals surface area contributed by atoms with E-state index in [0.29, 0.717) is 5.76 Å². The van der Waals surface area contributed by atoms with E-state index in [1.54, 1.807) is 7.11 Å². The predicted molar refractivity (Wildman–Crippen MR) is 77.7 cm³/mol. The smallest absolute Gasteiger partial charge is 0.105 e. The molecular formula is C16H25NO. The first-order chi connectivity index (χ1) is 8.25. The van der Waals surface area contributed by atoms with Gasteiger partial charge < -0.3 is 10.5 Å². The molecule has 0 fully saturated rings. The lowest BCUT2D eigenvalue weighted by Gasteiger charge is -2.23. The number of rotatable bonds is 4. The highest BCUT2D eigenvalue weighted by molar-refractivity contribution is 5.36. The molecule has 1 rings (SSSR count). The Labute approximate surface area is 111 Å². The molecule has 1 aromatic carbocycles. The fourth-order valence-corrected chi connectivity index (χ4v) is 2.12. The zero-order chi connectivity index (χ0) is 13.9. The minimum atomic E-state index is -0.148. The summed E-state index contributed by atoms with van der Waals surface area (Å²) >= 11 is 0. The van der Waals surface area contributed by atoms with Crippen LogP contribution in [0.5, 0.6) is 0 Å². The Morgan fingerprint density at radius 2 is 2.00 bits per heavy atom. The third kappa shape index (κ3) is 3.61. The fourth-order valence-electron chi connectivity index (χ4n) is 2.12. The summed E-state index contributed by atoms with van der Waals surface area (Å²) in [6, 6.07) is 6.40. The van der Waals surface area contributed by atoms with Crippen LogP contribution in [0.2, 0.25) is 0 Å². The van der Waals surface area contributed by atoms with Crippen molar-refractivity contribution in [2.24, 2.45) is 5.73 Å². The van der Waals surface area contributed by atoms with E-state index >= 15 is 0 Å². The second-order valence-corrected chi connectivity index (χ2v) is 5.88.